The quantitative estimate of drug-likeness (QED) is 0.829. The molecule has 0 bridgehead atoms. The number of carbonyl (C=O) groups excluding carboxylic acids is 1. The predicted octanol–water partition coefficient (Wildman–Crippen LogP) is 1.02. The number of aryl methyl sites for hydroxylation is 1. The summed E-state index contributed by atoms with van der Waals surface area (Å²) in [5, 5.41) is 9.13. The van der Waals surface area contributed by atoms with Gasteiger partial charge >= 0.3 is 5.97 Å². The van der Waals surface area contributed by atoms with Crippen LogP contribution in [-0.2, 0) is 14.8 Å². The van der Waals surface area contributed by atoms with Gasteiger partial charge in [0.25, 0.3) is 15.9 Å². The molecule has 1 amide bonds. The summed E-state index contributed by atoms with van der Waals surface area (Å²) in [5.41, 5.74) is 0.168. The molecule has 0 radical (unpaired) electrons. The number of sulfonamides is 1. The number of likely N-dealkylation sites (tertiary alicyclic amines) is 1. The fraction of sp³-hybridized carbons (Fsp3) is 0.625. The lowest BCUT2D eigenvalue weighted by Crippen LogP contribution is -2.30. The van der Waals surface area contributed by atoms with Crippen molar-refractivity contribution in [2.45, 2.75) is 24.9 Å². The van der Waals surface area contributed by atoms with Gasteiger partial charge < -0.3 is 14.4 Å². The van der Waals surface area contributed by atoms with Crippen molar-refractivity contribution in [3.05, 3.63) is 17.4 Å². The van der Waals surface area contributed by atoms with E-state index >= 15 is 0 Å². The summed E-state index contributed by atoms with van der Waals surface area (Å²) >= 11 is 0. The van der Waals surface area contributed by atoms with E-state index in [0.29, 0.717) is 12.5 Å². The third kappa shape index (κ3) is 3.18. The molecule has 1 aliphatic carbocycles. The van der Waals surface area contributed by atoms with E-state index in [1.165, 1.54) is 32.0 Å². The van der Waals surface area contributed by atoms with E-state index < -0.39 is 21.9 Å². The molecular weight excluding hydrogens is 348 g/mol. The number of carbonyl (C=O) groups is 2. The average Bonchev–Trinajstić information content (AvgIpc) is 3.14. The molecule has 0 unspecified atom stereocenters. The number of aliphatic carboxylic acids is 1. The van der Waals surface area contributed by atoms with Gasteiger partial charge in [0.2, 0.25) is 5.09 Å². The Morgan fingerprint density at radius 3 is 2.44 bits per heavy atom. The van der Waals surface area contributed by atoms with Crippen molar-refractivity contribution in [2.75, 3.05) is 27.2 Å². The molecule has 138 valence electrons. The zero-order valence-electron chi connectivity index (χ0n) is 14.4. The van der Waals surface area contributed by atoms with Crippen LogP contribution < -0.4 is 0 Å². The van der Waals surface area contributed by atoms with Crippen molar-refractivity contribution < 1.29 is 27.5 Å². The molecule has 8 nitrogen and oxygen atoms in total. The number of amides is 1. The molecule has 1 aromatic rings. The lowest BCUT2D eigenvalue weighted by atomic mass is 9.92. The molecule has 25 heavy (non-hydrogen) atoms. The van der Waals surface area contributed by atoms with Crippen LogP contribution in [0.3, 0.4) is 0 Å². The Morgan fingerprint density at radius 2 is 1.92 bits per heavy atom. The second-order valence-electron chi connectivity index (χ2n) is 6.98. The maximum Gasteiger partial charge on any atom is 0.308 e. The summed E-state index contributed by atoms with van der Waals surface area (Å²) in [5.74, 6) is -1.27. The number of rotatable bonds is 5. The van der Waals surface area contributed by atoms with Gasteiger partial charge in [0, 0.05) is 33.3 Å². The zero-order chi connectivity index (χ0) is 18.5. The Bertz CT molecular complexity index is 809. The molecule has 1 saturated heterocycles. The number of nitrogens with zero attached hydrogens (tertiary/aromatic N) is 2. The summed E-state index contributed by atoms with van der Waals surface area (Å²) in [4.78, 5) is 25.8. The minimum absolute atomic E-state index is 0.0290. The van der Waals surface area contributed by atoms with Crippen LogP contribution >= 0.6 is 0 Å². The second kappa shape index (κ2) is 6.14. The lowest BCUT2D eigenvalue weighted by Gasteiger charge is -2.15. The smallest absolute Gasteiger partial charge is 0.308 e. The van der Waals surface area contributed by atoms with Crippen molar-refractivity contribution >= 4 is 21.9 Å². The van der Waals surface area contributed by atoms with Gasteiger partial charge in [0.1, 0.15) is 5.76 Å². The van der Waals surface area contributed by atoms with Gasteiger partial charge in [0.05, 0.1) is 11.5 Å². The molecule has 2 atom stereocenters. The van der Waals surface area contributed by atoms with E-state index in [4.69, 9.17) is 4.42 Å². The van der Waals surface area contributed by atoms with Crippen LogP contribution in [-0.4, -0.2) is 61.8 Å². The first kappa shape index (κ1) is 17.9. The third-order valence-electron chi connectivity index (χ3n) is 5.06. The normalized spacial score (nSPS) is 24.1. The molecule has 1 aliphatic heterocycles. The summed E-state index contributed by atoms with van der Waals surface area (Å²) in [7, 11) is -1.01. The number of hydrogen-bond acceptors (Lipinski definition) is 5. The fourth-order valence-electron chi connectivity index (χ4n) is 3.40. The molecule has 0 aromatic carbocycles. The highest BCUT2D eigenvalue weighted by Gasteiger charge is 2.47. The van der Waals surface area contributed by atoms with Crippen LogP contribution in [0.1, 0.15) is 29.0 Å². The third-order valence-corrected chi connectivity index (χ3v) is 6.73. The number of furan rings is 1. The van der Waals surface area contributed by atoms with Crippen molar-refractivity contribution in [3.8, 4) is 0 Å². The standard InChI is InChI=1S/C16H22N2O6S/c1-9-11(6-14(24-9)25(22,23)17(2)3)15(19)18-7-12(10-4-5-10)13(8-18)16(20)21/h6,10,12-13H,4-5,7-8H2,1-3H3,(H,20,21)/t12-,13+/m1/s1. The second-order valence-corrected chi connectivity index (χ2v) is 9.06. The van der Waals surface area contributed by atoms with Crippen LogP contribution in [0.25, 0.3) is 0 Å². The Hall–Kier alpha value is -1.87. The topological polar surface area (TPSA) is 108 Å². The Balaban J connectivity index is 1.84. The molecule has 1 saturated carbocycles. The Labute approximate surface area is 146 Å². The largest absolute Gasteiger partial charge is 0.481 e. The molecule has 9 heteroatoms. The first-order valence-electron chi connectivity index (χ1n) is 8.18. The highest BCUT2D eigenvalue weighted by atomic mass is 32.2. The van der Waals surface area contributed by atoms with E-state index in [0.717, 1.165) is 17.1 Å². The molecule has 2 fully saturated rings. The van der Waals surface area contributed by atoms with Crippen molar-refractivity contribution in [2.24, 2.45) is 17.8 Å². The summed E-state index contributed by atoms with van der Waals surface area (Å²) < 4.78 is 30.6. The summed E-state index contributed by atoms with van der Waals surface area (Å²) in [6.07, 6.45) is 2.01. The molecule has 1 aromatic heterocycles. The van der Waals surface area contributed by atoms with Gasteiger partial charge in [0.15, 0.2) is 0 Å². The van der Waals surface area contributed by atoms with Crippen molar-refractivity contribution in [3.63, 3.8) is 0 Å². The van der Waals surface area contributed by atoms with Gasteiger partial charge in [-0.3, -0.25) is 9.59 Å². The molecular formula is C16H22N2O6S. The monoisotopic (exact) mass is 370 g/mol. The molecule has 0 spiro atoms. The Kier molecular flexibility index (Phi) is 4.40. The fourth-order valence-corrected chi connectivity index (χ4v) is 4.26. The van der Waals surface area contributed by atoms with Crippen molar-refractivity contribution in [1.82, 2.24) is 9.21 Å². The van der Waals surface area contributed by atoms with Gasteiger partial charge in [-0.2, -0.15) is 0 Å². The molecule has 2 aliphatic rings. The SMILES string of the molecule is Cc1oc(S(=O)(=O)N(C)C)cc1C(=O)N1C[C@H](C(=O)O)[C@@H](C2CC2)C1. The first-order valence-corrected chi connectivity index (χ1v) is 9.62. The van der Waals surface area contributed by atoms with Crippen molar-refractivity contribution in [1.29, 1.82) is 0 Å². The Morgan fingerprint density at radius 1 is 1.28 bits per heavy atom. The van der Waals surface area contributed by atoms with Gasteiger partial charge in [-0.15, -0.1) is 0 Å². The summed E-state index contributed by atoms with van der Waals surface area (Å²) in [6, 6.07) is 1.23. The van der Waals surface area contributed by atoms with E-state index in [9.17, 15) is 23.1 Å². The van der Waals surface area contributed by atoms with Crippen LogP contribution in [0.5, 0.6) is 0 Å². The van der Waals surface area contributed by atoms with Crippen LogP contribution in [0.15, 0.2) is 15.6 Å². The highest BCUT2D eigenvalue weighted by Crippen LogP contribution is 2.44. The van der Waals surface area contributed by atoms with E-state index in [1.807, 2.05) is 0 Å². The van der Waals surface area contributed by atoms with E-state index in [2.05, 4.69) is 0 Å². The number of carboxylic acid groups (broad SMARTS) is 1. The van der Waals surface area contributed by atoms with Gasteiger partial charge in [-0.25, -0.2) is 12.7 Å². The predicted molar refractivity (Wildman–Crippen MR) is 87.6 cm³/mol. The molecule has 3 rings (SSSR count). The maximum atomic E-state index is 12.8. The minimum Gasteiger partial charge on any atom is -0.481 e. The maximum absolute atomic E-state index is 12.8. The zero-order valence-corrected chi connectivity index (χ0v) is 15.2. The van der Waals surface area contributed by atoms with Gasteiger partial charge in [-0.05, 0) is 31.6 Å². The van der Waals surface area contributed by atoms with Crippen LogP contribution in [0, 0.1) is 24.7 Å². The highest BCUT2D eigenvalue weighted by molar-refractivity contribution is 7.88. The molecule has 1 N–H and O–H groups in total. The number of hydrogen-bond donors (Lipinski definition) is 1. The van der Waals surface area contributed by atoms with E-state index in [1.54, 1.807) is 0 Å². The first-order chi connectivity index (χ1) is 11.6. The summed E-state index contributed by atoms with van der Waals surface area (Å²) in [6.45, 7) is 2.07. The number of carboxylic acids is 1. The van der Waals surface area contributed by atoms with E-state index in [-0.39, 0.29) is 34.8 Å². The average molecular weight is 370 g/mol. The van der Waals surface area contributed by atoms with Gasteiger partial charge in [-0.1, -0.05) is 0 Å². The van der Waals surface area contributed by atoms with Crippen LogP contribution in [0.4, 0.5) is 0 Å². The molecule has 2 heterocycles. The van der Waals surface area contributed by atoms with Crippen LogP contribution in [0.2, 0.25) is 0 Å². The lowest BCUT2D eigenvalue weighted by molar-refractivity contribution is -0.142. The minimum atomic E-state index is -3.77.